The van der Waals surface area contributed by atoms with E-state index in [0.717, 1.165) is 21.5 Å². The average Bonchev–Trinajstić information content (AvgIpc) is 3.22. The van der Waals surface area contributed by atoms with Crippen LogP contribution in [0.15, 0.2) is 76.8 Å². The van der Waals surface area contributed by atoms with Gasteiger partial charge in [-0.3, -0.25) is 14.4 Å². The van der Waals surface area contributed by atoms with Crippen LogP contribution in [0.2, 0.25) is 0 Å². The molecule has 0 unspecified atom stereocenters. The zero-order valence-electron chi connectivity index (χ0n) is 15.6. The minimum Gasteiger partial charge on any atom is -0.304 e. The summed E-state index contributed by atoms with van der Waals surface area (Å²) in [5, 5.41) is 4.26. The third kappa shape index (κ3) is 2.61. The molecule has 0 N–H and O–H groups in total. The van der Waals surface area contributed by atoms with Gasteiger partial charge in [0.15, 0.2) is 5.69 Å². The van der Waals surface area contributed by atoms with Gasteiger partial charge in [0.25, 0.3) is 11.5 Å². The summed E-state index contributed by atoms with van der Waals surface area (Å²) < 4.78 is 1.31. The molecule has 0 fully saturated rings. The van der Waals surface area contributed by atoms with E-state index < -0.39 is 11.1 Å². The average molecular weight is 414 g/mol. The van der Waals surface area contributed by atoms with Gasteiger partial charge in [-0.2, -0.15) is 14.6 Å². The Bertz CT molecular complexity index is 1510. The van der Waals surface area contributed by atoms with E-state index in [1.807, 2.05) is 24.3 Å². The first kappa shape index (κ1) is 18.1. The molecule has 146 valence electrons. The predicted octanol–water partition coefficient (Wildman–Crippen LogP) is 1.63. The molecule has 0 spiro atoms. The largest absolute Gasteiger partial charge is 0.304 e. The first-order valence-electron chi connectivity index (χ1n) is 9.16. The highest BCUT2D eigenvalue weighted by atomic mass is 32.1. The number of rotatable bonds is 3. The lowest BCUT2D eigenvalue weighted by Crippen LogP contribution is -2.33. The maximum absolute atomic E-state index is 13.2. The second-order valence-corrected chi connectivity index (χ2v) is 7.64. The maximum Gasteiger partial charge on any atom is 0.300 e. The second-order valence-electron chi connectivity index (χ2n) is 6.66. The van der Waals surface area contributed by atoms with Crippen LogP contribution in [0.4, 0.5) is 5.69 Å². The van der Waals surface area contributed by atoms with Gasteiger partial charge >= 0.3 is 5.56 Å². The van der Waals surface area contributed by atoms with Gasteiger partial charge < -0.3 is 4.90 Å². The Balaban J connectivity index is 1.82. The highest BCUT2D eigenvalue weighted by Gasteiger charge is 2.33. The molecule has 2 aromatic carbocycles. The van der Waals surface area contributed by atoms with Crippen molar-refractivity contribution in [2.24, 2.45) is 0 Å². The van der Waals surface area contributed by atoms with Crippen molar-refractivity contribution in [3.05, 3.63) is 98.1 Å². The van der Waals surface area contributed by atoms with Crippen molar-refractivity contribution >= 4 is 33.5 Å². The molecular formula is C22H14N4O3S. The predicted molar refractivity (Wildman–Crippen MR) is 116 cm³/mol. The Morgan fingerprint density at radius 1 is 1.00 bits per heavy atom. The van der Waals surface area contributed by atoms with Crippen molar-refractivity contribution in [3.63, 3.8) is 0 Å². The van der Waals surface area contributed by atoms with Crippen LogP contribution in [-0.2, 0) is 4.79 Å². The molecule has 0 saturated heterocycles. The number of para-hydroxylation sites is 1. The Morgan fingerprint density at radius 3 is 2.50 bits per heavy atom. The molecule has 0 radical (unpaired) electrons. The van der Waals surface area contributed by atoms with E-state index in [2.05, 4.69) is 16.7 Å². The van der Waals surface area contributed by atoms with Crippen molar-refractivity contribution in [1.29, 1.82) is 0 Å². The van der Waals surface area contributed by atoms with Crippen molar-refractivity contribution in [2.75, 3.05) is 11.4 Å². The van der Waals surface area contributed by atoms with E-state index in [-0.39, 0.29) is 21.1 Å². The number of anilines is 1. The quantitative estimate of drug-likeness (QED) is 0.476. The molecule has 0 aliphatic carbocycles. The Labute approximate surface area is 173 Å². The lowest BCUT2D eigenvalue weighted by Gasteiger charge is -2.13. The smallest absolute Gasteiger partial charge is 0.300 e. The summed E-state index contributed by atoms with van der Waals surface area (Å²) in [5.74, 6) is -0.286. The number of benzene rings is 2. The van der Waals surface area contributed by atoms with E-state index in [9.17, 15) is 14.4 Å². The molecule has 0 saturated carbocycles. The lowest BCUT2D eigenvalue weighted by atomic mass is 10.1. The third-order valence-corrected chi connectivity index (χ3v) is 5.90. The molecule has 0 bridgehead atoms. The van der Waals surface area contributed by atoms with Crippen LogP contribution in [-0.4, -0.2) is 27.0 Å². The molecule has 7 nitrogen and oxygen atoms in total. The van der Waals surface area contributed by atoms with Crippen molar-refractivity contribution in [2.45, 2.75) is 0 Å². The summed E-state index contributed by atoms with van der Waals surface area (Å²) in [5.41, 5.74) is 1.34. The highest BCUT2D eigenvalue weighted by Crippen LogP contribution is 2.34. The highest BCUT2D eigenvalue weighted by molar-refractivity contribution is 7.15. The fourth-order valence-corrected chi connectivity index (χ4v) is 4.54. The van der Waals surface area contributed by atoms with Crippen LogP contribution in [0.1, 0.15) is 5.56 Å². The monoisotopic (exact) mass is 414 g/mol. The number of nitrogens with zero attached hydrogens (tertiary/aromatic N) is 4. The number of hydrogen-bond acceptors (Lipinski definition) is 6. The van der Waals surface area contributed by atoms with Crippen LogP contribution in [0.25, 0.3) is 21.8 Å². The summed E-state index contributed by atoms with van der Waals surface area (Å²) in [6.45, 7) is 4.03. The molecule has 1 aliphatic heterocycles. The van der Waals surface area contributed by atoms with Gasteiger partial charge in [0.1, 0.15) is 4.53 Å². The molecular weight excluding hydrogens is 400 g/mol. The van der Waals surface area contributed by atoms with Crippen LogP contribution < -0.4 is 20.6 Å². The Morgan fingerprint density at radius 2 is 1.73 bits per heavy atom. The lowest BCUT2D eigenvalue weighted by molar-refractivity contribution is -0.112. The number of fused-ring (bicyclic) bond motifs is 2. The first-order valence-corrected chi connectivity index (χ1v) is 9.97. The molecule has 1 aliphatic rings. The van der Waals surface area contributed by atoms with Gasteiger partial charge in [-0.25, -0.2) is 0 Å². The van der Waals surface area contributed by atoms with E-state index in [1.54, 1.807) is 41.3 Å². The molecule has 8 heteroatoms. The van der Waals surface area contributed by atoms with Crippen molar-refractivity contribution < 1.29 is 4.79 Å². The fourth-order valence-electron chi connectivity index (χ4n) is 3.55. The maximum atomic E-state index is 13.2. The van der Waals surface area contributed by atoms with E-state index in [4.69, 9.17) is 0 Å². The van der Waals surface area contributed by atoms with E-state index >= 15 is 0 Å². The zero-order valence-corrected chi connectivity index (χ0v) is 16.4. The van der Waals surface area contributed by atoms with Crippen LogP contribution >= 0.6 is 11.3 Å². The number of hydrogen-bond donors (Lipinski definition) is 0. The molecule has 30 heavy (non-hydrogen) atoms. The standard InChI is InChI=1S/C22H14N4O3S/c1-2-12-25-15-11-7-6-10-14(15)16(20(25)28)18-21(29)26-22(30-18)23-19(27)17(24-26)13-8-4-3-5-9-13/h2-11H,1,12H2/b18-16+. The van der Waals surface area contributed by atoms with Crippen LogP contribution in [0, 0.1) is 0 Å². The number of carbonyl (C=O) groups excluding carboxylic acids is 1. The molecule has 3 heterocycles. The van der Waals surface area contributed by atoms with Crippen LogP contribution in [0.5, 0.6) is 0 Å². The van der Waals surface area contributed by atoms with Gasteiger partial charge in [0.05, 0.1) is 11.3 Å². The van der Waals surface area contributed by atoms with E-state index in [1.165, 1.54) is 0 Å². The van der Waals surface area contributed by atoms with Crippen molar-refractivity contribution in [3.8, 4) is 11.3 Å². The number of amides is 1. The van der Waals surface area contributed by atoms with Crippen molar-refractivity contribution in [1.82, 2.24) is 14.6 Å². The summed E-state index contributed by atoms with van der Waals surface area (Å²) in [4.78, 5) is 44.6. The normalized spacial score (nSPS) is 14.9. The van der Waals surface area contributed by atoms with Gasteiger partial charge in [0.2, 0.25) is 4.96 Å². The Hall–Kier alpha value is -3.91. The van der Waals surface area contributed by atoms with Gasteiger partial charge in [-0.1, -0.05) is 65.9 Å². The number of aromatic nitrogens is 3. The molecule has 0 atom stereocenters. The third-order valence-electron chi connectivity index (χ3n) is 4.87. The summed E-state index contributed by atoms with van der Waals surface area (Å²) in [6, 6.07) is 16.1. The zero-order chi connectivity index (χ0) is 20.8. The molecule has 4 aromatic rings. The molecule has 5 rings (SSSR count). The summed E-state index contributed by atoms with van der Waals surface area (Å²) in [7, 11) is 0. The summed E-state index contributed by atoms with van der Waals surface area (Å²) in [6.07, 6.45) is 1.63. The van der Waals surface area contributed by atoms with Gasteiger partial charge in [0, 0.05) is 17.7 Å². The van der Waals surface area contributed by atoms with Crippen LogP contribution in [0.3, 0.4) is 0 Å². The molecule has 2 aromatic heterocycles. The Kier molecular flexibility index (Phi) is 4.14. The van der Waals surface area contributed by atoms with E-state index in [0.29, 0.717) is 23.2 Å². The summed E-state index contributed by atoms with van der Waals surface area (Å²) >= 11 is 0.993. The SMILES string of the molecule is C=CCN1C(=O)/C(=c2/sc3nc(=O)c(-c4ccccc4)nn3c2=O)c2ccccc21. The number of carbonyl (C=O) groups is 1. The van der Waals surface area contributed by atoms with Gasteiger partial charge in [-0.05, 0) is 6.07 Å². The minimum atomic E-state index is -0.523. The fraction of sp³-hybridized carbons (Fsp3) is 0.0455. The topological polar surface area (TPSA) is 84.6 Å². The first-order chi connectivity index (χ1) is 14.6. The van der Waals surface area contributed by atoms with Gasteiger partial charge in [-0.15, -0.1) is 6.58 Å². The number of thiazole rings is 1. The minimum absolute atomic E-state index is 0.0889. The second kappa shape index (κ2) is 6.85. The molecule has 1 amide bonds.